The summed E-state index contributed by atoms with van der Waals surface area (Å²) in [6.45, 7) is 2.53. The zero-order valence-electron chi connectivity index (χ0n) is 12.8. The van der Waals surface area contributed by atoms with Crippen molar-refractivity contribution in [2.75, 3.05) is 6.54 Å². The van der Waals surface area contributed by atoms with Gasteiger partial charge in [0.1, 0.15) is 0 Å². The highest BCUT2D eigenvalue weighted by Crippen LogP contribution is 2.18. The zero-order chi connectivity index (χ0) is 16.7. The average Bonchev–Trinajstić information content (AvgIpc) is 2.58. The van der Waals surface area contributed by atoms with Crippen molar-refractivity contribution in [2.45, 2.75) is 12.8 Å². The van der Waals surface area contributed by atoms with Crippen molar-refractivity contribution in [1.82, 2.24) is 5.32 Å². The Kier molecular flexibility index (Phi) is 5.63. The van der Waals surface area contributed by atoms with Gasteiger partial charge in [-0.15, -0.1) is 0 Å². The fourth-order valence-electron chi connectivity index (χ4n) is 2.17. The van der Waals surface area contributed by atoms with Crippen LogP contribution in [0.25, 0.3) is 6.08 Å². The van der Waals surface area contributed by atoms with Gasteiger partial charge < -0.3 is 5.32 Å². The average molecular weight is 310 g/mol. The van der Waals surface area contributed by atoms with Crippen LogP contribution in [0.1, 0.15) is 24.0 Å². The molecule has 5 heteroatoms. The van der Waals surface area contributed by atoms with E-state index in [0.717, 1.165) is 5.56 Å². The van der Waals surface area contributed by atoms with E-state index >= 15 is 0 Å². The van der Waals surface area contributed by atoms with Gasteiger partial charge in [0, 0.05) is 18.7 Å². The molecule has 0 saturated carbocycles. The minimum Gasteiger partial charge on any atom is -0.352 e. The number of hydrogen-bond donors (Lipinski definition) is 1. The van der Waals surface area contributed by atoms with Crippen molar-refractivity contribution in [3.8, 4) is 0 Å². The van der Waals surface area contributed by atoms with Crippen LogP contribution in [-0.2, 0) is 4.79 Å². The number of carbonyl (C=O) groups excluding carboxylic acids is 1. The molecule has 0 spiro atoms. The molecule has 0 radical (unpaired) electrons. The van der Waals surface area contributed by atoms with Gasteiger partial charge >= 0.3 is 0 Å². The number of hydrogen-bond acceptors (Lipinski definition) is 3. The van der Waals surface area contributed by atoms with E-state index in [2.05, 4.69) is 5.32 Å². The van der Waals surface area contributed by atoms with E-state index in [1.165, 1.54) is 18.2 Å². The molecule has 2 aromatic rings. The lowest BCUT2D eigenvalue weighted by Gasteiger charge is -2.11. The molecule has 0 aliphatic heterocycles. The maximum absolute atomic E-state index is 11.9. The smallest absolute Gasteiger partial charge is 0.276 e. The van der Waals surface area contributed by atoms with E-state index in [-0.39, 0.29) is 17.5 Å². The predicted octanol–water partition coefficient (Wildman–Crippen LogP) is 3.53. The van der Waals surface area contributed by atoms with Crippen molar-refractivity contribution >= 4 is 17.7 Å². The molecule has 0 aliphatic carbocycles. The first kappa shape index (κ1) is 16.4. The van der Waals surface area contributed by atoms with Crippen molar-refractivity contribution in [3.05, 3.63) is 81.9 Å². The molecule has 0 aromatic heterocycles. The van der Waals surface area contributed by atoms with Crippen LogP contribution in [-0.4, -0.2) is 17.4 Å². The minimum absolute atomic E-state index is 0.0193. The summed E-state index contributed by atoms with van der Waals surface area (Å²) in [6.07, 6.45) is 2.78. The second-order valence-corrected chi connectivity index (χ2v) is 5.21. The number of nitro groups is 1. The number of nitrogens with zero attached hydrogens (tertiary/aromatic N) is 1. The maximum Gasteiger partial charge on any atom is 0.276 e. The lowest BCUT2D eigenvalue weighted by molar-refractivity contribution is -0.385. The summed E-state index contributed by atoms with van der Waals surface area (Å²) in [5.41, 5.74) is 1.54. The van der Waals surface area contributed by atoms with Crippen LogP contribution in [0.3, 0.4) is 0 Å². The number of benzene rings is 2. The first-order valence-electron chi connectivity index (χ1n) is 7.32. The van der Waals surface area contributed by atoms with Gasteiger partial charge in [-0.2, -0.15) is 0 Å². The molecule has 1 atom stereocenters. The molecule has 1 amide bonds. The van der Waals surface area contributed by atoms with Gasteiger partial charge in [0.05, 0.1) is 10.5 Å². The van der Waals surface area contributed by atoms with Crippen molar-refractivity contribution < 1.29 is 9.72 Å². The molecule has 0 aliphatic rings. The van der Waals surface area contributed by atoms with Crippen LogP contribution in [0.5, 0.6) is 0 Å². The van der Waals surface area contributed by atoms with Gasteiger partial charge in [0.15, 0.2) is 0 Å². The van der Waals surface area contributed by atoms with E-state index in [0.29, 0.717) is 12.1 Å². The molecule has 2 aromatic carbocycles. The third kappa shape index (κ3) is 4.78. The van der Waals surface area contributed by atoms with Crippen molar-refractivity contribution in [2.24, 2.45) is 0 Å². The summed E-state index contributed by atoms with van der Waals surface area (Å²) in [7, 11) is 0. The van der Waals surface area contributed by atoms with E-state index in [9.17, 15) is 14.9 Å². The molecule has 118 valence electrons. The second kappa shape index (κ2) is 7.89. The van der Waals surface area contributed by atoms with E-state index in [4.69, 9.17) is 0 Å². The Morgan fingerprint density at radius 2 is 1.83 bits per heavy atom. The summed E-state index contributed by atoms with van der Waals surface area (Å²) in [6, 6.07) is 16.2. The van der Waals surface area contributed by atoms with Gasteiger partial charge in [-0.25, -0.2) is 0 Å². The Labute approximate surface area is 134 Å². The number of para-hydroxylation sites is 1. The fourth-order valence-corrected chi connectivity index (χ4v) is 2.17. The molecular formula is C18H18N2O3. The Hall–Kier alpha value is -2.95. The predicted molar refractivity (Wildman–Crippen MR) is 90.0 cm³/mol. The highest BCUT2D eigenvalue weighted by atomic mass is 16.6. The topological polar surface area (TPSA) is 72.2 Å². The van der Waals surface area contributed by atoms with E-state index in [1.807, 2.05) is 37.3 Å². The third-order valence-corrected chi connectivity index (χ3v) is 3.50. The quantitative estimate of drug-likeness (QED) is 0.504. The fraction of sp³-hybridized carbons (Fsp3) is 0.167. The third-order valence-electron chi connectivity index (χ3n) is 3.50. The Morgan fingerprint density at radius 3 is 2.52 bits per heavy atom. The largest absolute Gasteiger partial charge is 0.352 e. The normalized spacial score (nSPS) is 12.0. The molecular weight excluding hydrogens is 292 g/mol. The number of nitro benzene ring substituents is 1. The van der Waals surface area contributed by atoms with Gasteiger partial charge in [-0.1, -0.05) is 49.4 Å². The molecule has 1 unspecified atom stereocenters. The summed E-state index contributed by atoms with van der Waals surface area (Å²) in [5, 5.41) is 13.7. The molecule has 0 fully saturated rings. The molecule has 2 rings (SSSR count). The molecule has 0 saturated heterocycles. The number of amides is 1. The maximum atomic E-state index is 11.9. The monoisotopic (exact) mass is 310 g/mol. The Morgan fingerprint density at radius 1 is 1.17 bits per heavy atom. The number of nitrogens with one attached hydrogen (secondary N) is 1. The van der Waals surface area contributed by atoms with Crippen LogP contribution in [0, 0.1) is 10.1 Å². The first-order chi connectivity index (χ1) is 11.1. The summed E-state index contributed by atoms with van der Waals surface area (Å²) in [4.78, 5) is 22.3. The summed E-state index contributed by atoms with van der Waals surface area (Å²) >= 11 is 0. The standard InChI is InChI=1S/C18H18N2O3/c1-14(15-7-3-2-4-8-15)13-19-18(21)12-11-16-9-5-6-10-17(16)20(22)23/h2-12,14H,13H2,1H3,(H,19,21)/b12-11+. The van der Waals surface area contributed by atoms with Gasteiger partial charge in [0.25, 0.3) is 5.69 Å². The SMILES string of the molecule is CC(CNC(=O)/C=C/c1ccccc1[N+](=O)[O-])c1ccccc1. The summed E-state index contributed by atoms with van der Waals surface area (Å²) < 4.78 is 0. The molecule has 0 bridgehead atoms. The van der Waals surface area contributed by atoms with Gasteiger partial charge in [-0.05, 0) is 23.6 Å². The zero-order valence-corrected chi connectivity index (χ0v) is 12.8. The number of rotatable bonds is 6. The van der Waals surface area contributed by atoms with Crippen molar-refractivity contribution in [3.63, 3.8) is 0 Å². The minimum atomic E-state index is -0.463. The molecule has 23 heavy (non-hydrogen) atoms. The number of carbonyl (C=O) groups is 1. The van der Waals surface area contributed by atoms with Crippen LogP contribution >= 0.6 is 0 Å². The molecule has 0 heterocycles. The van der Waals surface area contributed by atoms with Crippen LogP contribution in [0.4, 0.5) is 5.69 Å². The van der Waals surface area contributed by atoms with E-state index < -0.39 is 4.92 Å². The summed E-state index contributed by atoms with van der Waals surface area (Å²) in [5.74, 6) is -0.0782. The highest BCUT2D eigenvalue weighted by Gasteiger charge is 2.10. The lowest BCUT2D eigenvalue weighted by atomic mass is 10.0. The van der Waals surface area contributed by atoms with Gasteiger partial charge in [-0.3, -0.25) is 14.9 Å². The van der Waals surface area contributed by atoms with Crippen molar-refractivity contribution in [1.29, 1.82) is 0 Å². The van der Waals surface area contributed by atoms with Crippen LogP contribution < -0.4 is 5.32 Å². The lowest BCUT2D eigenvalue weighted by Crippen LogP contribution is -2.25. The van der Waals surface area contributed by atoms with Crippen LogP contribution in [0.2, 0.25) is 0 Å². The molecule has 5 nitrogen and oxygen atoms in total. The second-order valence-electron chi connectivity index (χ2n) is 5.21. The van der Waals surface area contributed by atoms with E-state index in [1.54, 1.807) is 18.2 Å². The molecule has 1 N–H and O–H groups in total. The Balaban J connectivity index is 1.94. The van der Waals surface area contributed by atoms with Gasteiger partial charge in [0.2, 0.25) is 5.91 Å². The van der Waals surface area contributed by atoms with Crippen LogP contribution in [0.15, 0.2) is 60.7 Å². The Bertz CT molecular complexity index is 711. The highest BCUT2D eigenvalue weighted by molar-refractivity contribution is 5.92. The first-order valence-corrected chi connectivity index (χ1v) is 7.32.